The Kier molecular flexibility index (Phi) is 4.93. The molecule has 2 aromatic rings. The van der Waals surface area contributed by atoms with Crippen LogP contribution in [0, 0.1) is 13.8 Å². The molecule has 1 fully saturated rings. The predicted octanol–water partition coefficient (Wildman–Crippen LogP) is 4.19. The van der Waals surface area contributed by atoms with Crippen molar-refractivity contribution in [2.24, 2.45) is 0 Å². The Balaban J connectivity index is 1.74. The summed E-state index contributed by atoms with van der Waals surface area (Å²) >= 11 is 6.22. The van der Waals surface area contributed by atoms with Gasteiger partial charge in [-0.15, -0.1) is 0 Å². The lowest BCUT2D eigenvalue weighted by Gasteiger charge is -2.39. The smallest absolute Gasteiger partial charge is 0.244 e. The molecule has 4 heteroatoms. The minimum absolute atomic E-state index is 0.133. The Morgan fingerprint density at radius 3 is 2.62 bits per heavy atom. The Hall–Kier alpha value is -1.84. The molecule has 2 aromatic carbocycles. The van der Waals surface area contributed by atoms with Crippen molar-refractivity contribution in [3.05, 3.63) is 64.2 Å². The normalized spacial score (nSPS) is 18.9. The van der Waals surface area contributed by atoms with Gasteiger partial charge >= 0.3 is 0 Å². The Morgan fingerprint density at radius 2 is 1.92 bits per heavy atom. The van der Waals surface area contributed by atoms with Gasteiger partial charge in [-0.3, -0.25) is 9.69 Å². The quantitative estimate of drug-likeness (QED) is 0.834. The number of halogens is 1. The number of carbonyl (C=O) groups excluding carboxylic acids is 1. The third-order valence-electron chi connectivity index (χ3n) is 4.72. The fourth-order valence-electron chi connectivity index (χ4n) is 3.18. The largest absolute Gasteiger partial charge is 0.310 e. The molecule has 1 aliphatic rings. The fourth-order valence-corrected chi connectivity index (χ4v) is 3.36. The molecule has 1 amide bonds. The summed E-state index contributed by atoms with van der Waals surface area (Å²) in [4.78, 5) is 16.9. The molecular weight excluding hydrogens is 320 g/mol. The van der Waals surface area contributed by atoms with Crippen LogP contribution >= 0.6 is 11.6 Å². The van der Waals surface area contributed by atoms with Crippen LogP contribution in [0.2, 0.25) is 5.02 Å². The first kappa shape index (κ1) is 17.0. The maximum Gasteiger partial charge on any atom is 0.244 e. The third-order valence-corrected chi connectivity index (χ3v) is 5.12. The van der Waals surface area contributed by atoms with Gasteiger partial charge in [0.2, 0.25) is 5.91 Å². The molecular formula is C20H23ClN2O. The summed E-state index contributed by atoms with van der Waals surface area (Å²) in [7, 11) is 0. The number of piperazine rings is 1. The molecule has 0 unspecified atom stereocenters. The number of rotatable bonds is 3. The van der Waals surface area contributed by atoms with Gasteiger partial charge in [-0.05, 0) is 44.0 Å². The predicted molar refractivity (Wildman–Crippen MR) is 99.6 cm³/mol. The van der Waals surface area contributed by atoms with Crippen molar-refractivity contribution in [1.82, 2.24) is 4.90 Å². The summed E-state index contributed by atoms with van der Waals surface area (Å²) in [5, 5.41) is 0.704. The number of hydrogen-bond acceptors (Lipinski definition) is 2. The second-order valence-corrected chi connectivity index (χ2v) is 6.97. The molecule has 0 spiro atoms. The highest BCUT2D eigenvalue weighted by molar-refractivity contribution is 6.31. The van der Waals surface area contributed by atoms with Crippen molar-refractivity contribution in [3.63, 3.8) is 0 Å². The fraction of sp³-hybridized carbons (Fsp3) is 0.350. The van der Waals surface area contributed by atoms with E-state index in [0.29, 0.717) is 11.6 Å². The van der Waals surface area contributed by atoms with Gasteiger partial charge in [0.15, 0.2) is 0 Å². The van der Waals surface area contributed by atoms with E-state index < -0.39 is 0 Å². The van der Waals surface area contributed by atoms with Crippen LogP contribution in [-0.4, -0.2) is 29.9 Å². The molecule has 0 saturated carbocycles. The van der Waals surface area contributed by atoms with E-state index in [1.165, 1.54) is 11.1 Å². The second-order valence-electron chi connectivity index (χ2n) is 6.56. The monoisotopic (exact) mass is 342 g/mol. The second kappa shape index (κ2) is 6.96. The van der Waals surface area contributed by atoms with Crippen molar-refractivity contribution in [1.29, 1.82) is 0 Å². The zero-order chi connectivity index (χ0) is 17.3. The molecule has 1 aliphatic heterocycles. The van der Waals surface area contributed by atoms with E-state index in [-0.39, 0.29) is 11.9 Å². The Bertz CT molecular complexity index is 759. The van der Waals surface area contributed by atoms with Gasteiger partial charge in [0, 0.05) is 30.3 Å². The molecule has 0 bridgehead atoms. The van der Waals surface area contributed by atoms with Crippen molar-refractivity contribution >= 4 is 23.2 Å². The summed E-state index contributed by atoms with van der Waals surface area (Å²) in [6, 6.07) is 14.2. The van der Waals surface area contributed by atoms with Crippen molar-refractivity contribution in [3.8, 4) is 0 Å². The zero-order valence-electron chi connectivity index (χ0n) is 14.4. The molecule has 0 aromatic heterocycles. The summed E-state index contributed by atoms with van der Waals surface area (Å²) in [6.45, 7) is 8.39. The zero-order valence-corrected chi connectivity index (χ0v) is 15.2. The highest BCUT2D eigenvalue weighted by Gasteiger charge is 2.32. The molecule has 0 radical (unpaired) electrons. The van der Waals surface area contributed by atoms with Crippen molar-refractivity contribution < 1.29 is 4.79 Å². The maximum atomic E-state index is 12.8. The van der Waals surface area contributed by atoms with Crippen molar-refractivity contribution in [2.75, 3.05) is 18.0 Å². The third kappa shape index (κ3) is 3.47. The average Bonchev–Trinajstić information content (AvgIpc) is 2.55. The molecule has 24 heavy (non-hydrogen) atoms. The molecule has 1 saturated heterocycles. The van der Waals surface area contributed by atoms with Gasteiger partial charge in [-0.1, -0.05) is 47.5 Å². The number of benzene rings is 2. The topological polar surface area (TPSA) is 23.6 Å². The van der Waals surface area contributed by atoms with Crippen LogP contribution in [0.25, 0.3) is 0 Å². The number of amides is 1. The number of hydrogen-bond donors (Lipinski definition) is 0. The minimum atomic E-state index is -0.139. The van der Waals surface area contributed by atoms with Gasteiger partial charge in [-0.25, -0.2) is 0 Å². The van der Waals surface area contributed by atoms with E-state index >= 15 is 0 Å². The number of nitrogens with zero attached hydrogens (tertiary/aromatic N) is 2. The molecule has 1 atom stereocenters. The first-order valence-corrected chi connectivity index (χ1v) is 8.70. The number of aryl methyl sites for hydroxylation is 2. The van der Waals surface area contributed by atoms with Crippen LogP contribution in [0.5, 0.6) is 0 Å². The number of anilines is 1. The average molecular weight is 343 g/mol. The lowest BCUT2D eigenvalue weighted by Crippen LogP contribution is -2.55. The maximum absolute atomic E-state index is 12.8. The molecule has 0 aliphatic carbocycles. The molecule has 1 heterocycles. The lowest BCUT2D eigenvalue weighted by molar-refractivity contribution is -0.125. The lowest BCUT2D eigenvalue weighted by atomic mass is 10.1. The van der Waals surface area contributed by atoms with E-state index in [4.69, 9.17) is 11.6 Å². The summed E-state index contributed by atoms with van der Waals surface area (Å²) in [5.41, 5.74) is 4.41. The van der Waals surface area contributed by atoms with E-state index in [1.807, 2.05) is 36.9 Å². The highest BCUT2D eigenvalue weighted by atomic mass is 35.5. The van der Waals surface area contributed by atoms with Gasteiger partial charge in [0.25, 0.3) is 0 Å². The molecule has 0 N–H and O–H groups in total. The highest BCUT2D eigenvalue weighted by Crippen LogP contribution is 2.26. The van der Waals surface area contributed by atoms with Crippen LogP contribution in [-0.2, 0) is 11.3 Å². The SMILES string of the molecule is Cc1cccc(CN2CCN(c3ccc(C)c(Cl)c3)C(=O)[C@H]2C)c1. The molecule has 3 rings (SSSR count). The van der Waals surface area contributed by atoms with Crippen LogP contribution in [0.4, 0.5) is 5.69 Å². The van der Waals surface area contributed by atoms with E-state index in [2.05, 4.69) is 36.1 Å². The van der Waals surface area contributed by atoms with E-state index in [1.54, 1.807) is 0 Å². The summed E-state index contributed by atoms with van der Waals surface area (Å²) in [5.74, 6) is 0.133. The van der Waals surface area contributed by atoms with E-state index in [9.17, 15) is 4.79 Å². The van der Waals surface area contributed by atoms with Crippen LogP contribution in [0.1, 0.15) is 23.6 Å². The standard InChI is InChI=1S/C20H23ClN2O/c1-14-5-4-6-17(11-14)13-22-9-10-23(20(24)16(22)3)18-8-7-15(2)19(21)12-18/h4-8,11-12,16H,9-10,13H2,1-3H3/t16-/m1/s1. The van der Waals surface area contributed by atoms with E-state index in [0.717, 1.165) is 24.3 Å². The van der Waals surface area contributed by atoms with Crippen LogP contribution < -0.4 is 4.90 Å². The molecule has 126 valence electrons. The minimum Gasteiger partial charge on any atom is -0.310 e. The van der Waals surface area contributed by atoms with Crippen molar-refractivity contribution in [2.45, 2.75) is 33.4 Å². The Labute approximate surface area is 148 Å². The van der Waals surface area contributed by atoms with Gasteiger partial charge in [-0.2, -0.15) is 0 Å². The Morgan fingerprint density at radius 1 is 1.12 bits per heavy atom. The van der Waals surface area contributed by atoms with Gasteiger partial charge in [0.1, 0.15) is 0 Å². The summed E-state index contributed by atoms with van der Waals surface area (Å²) < 4.78 is 0. The number of carbonyl (C=O) groups is 1. The molecule has 3 nitrogen and oxygen atoms in total. The first-order valence-electron chi connectivity index (χ1n) is 8.33. The first-order chi connectivity index (χ1) is 11.5. The van der Waals surface area contributed by atoms with Gasteiger partial charge < -0.3 is 4.90 Å². The van der Waals surface area contributed by atoms with Crippen LogP contribution in [0.15, 0.2) is 42.5 Å². The van der Waals surface area contributed by atoms with Crippen LogP contribution in [0.3, 0.4) is 0 Å². The summed E-state index contributed by atoms with van der Waals surface area (Å²) in [6.07, 6.45) is 0. The van der Waals surface area contributed by atoms with Gasteiger partial charge in [0.05, 0.1) is 6.04 Å².